The van der Waals surface area contributed by atoms with Gasteiger partial charge in [-0.2, -0.15) is 8.42 Å². The summed E-state index contributed by atoms with van der Waals surface area (Å²) in [5.41, 5.74) is 3.13. The Hall–Kier alpha value is -2.20. The number of nitro groups is 1. The topological polar surface area (TPSA) is 150 Å². The number of benzene rings is 1. The molecule has 0 saturated carbocycles. The van der Waals surface area contributed by atoms with E-state index in [2.05, 4.69) is 4.74 Å². The largest absolute Gasteiger partial charge is 0.495 e. The van der Waals surface area contributed by atoms with Crippen LogP contribution >= 0.6 is 0 Å². The first-order chi connectivity index (χ1) is 8.20. The van der Waals surface area contributed by atoms with Crippen molar-refractivity contribution in [2.75, 3.05) is 7.11 Å². The Labute approximate surface area is 101 Å². The van der Waals surface area contributed by atoms with Crippen LogP contribution in [0.3, 0.4) is 0 Å². The lowest BCUT2D eigenvalue weighted by Crippen LogP contribution is -2.16. The molecule has 0 saturated heterocycles. The molecule has 1 rings (SSSR count). The fourth-order valence-electron chi connectivity index (χ4n) is 1.34. The summed E-state index contributed by atoms with van der Waals surface area (Å²) in [6.07, 6.45) is 0. The third kappa shape index (κ3) is 2.38. The van der Waals surface area contributed by atoms with Gasteiger partial charge in [0.05, 0.1) is 12.0 Å². The van der Waals surface area contributed by atoms with Gasteiger partial charge in [0.15, 0.2) is 0 Å². The summed E-state index contributed by atoms with van der Waals surface area (Å²) in [6, 6.07) is 1.92. The van der Waals surface area contributed by atoms with Crippen LogP contribution in [0.2, 0.25) is 0 Å². The molecule has 0 aromatic heterocycles. The molecule has 9 nitrogen and oxygen atoms in total. The first-order valence-electron chi connectivity index (χ1n) is 4.32. The maximum atomic E-state index is 11.1. The minimum absolute atomic E-state index is 0.464. The Bertz CT molecular complexity index is 623. The first kappa shape index (κ1) is 13.9. The SMILES string of the molecule is COc1ccc(C(N)=O)c([N+](=O)[O-])c1S(=O)(=O)O. The van der Waals surface area contributed by atoms with Crippen LogP contribution in [0.1, 0.15) is 10.4 Å². The summed E-state index contributed by atoms with van der Waals surface area (Å²) in [7, 11) is -3.90. The maximum Gasteiger partial charge on any atom is 0.306 e. The van der Waals surface area contributed by atoms with Crippen LogP contribution in [0.4, 0.5) is 5.69 Å². The van der Waals surface area contributed by atoms with Crippen LogP contribution in [0.25, 0.3) is 0 Å². The Morgan fingerprint density at radius 1 is 1.50 bits per heavy atom. The molecular formula is C8H8N2O7S. The molecule has 0 heterocycles. The Kier molecular flexibility index (Phi) is 3.53. The van der Waals surface area contributed by atoms with Crippen molar-refractivity contribution < 1.29 is 27.4 Å². The van der Waals surface area contributed by atoms with Crippen molar-refractivity contribution >= 4 is 21.7 Å². The van der Waals surface area contributed by atoms with Crippen LogP contribution in [-0.2, 0) is 10.1 Å². The molecule has 0 spiro atoms. The van der Waals surface area contributed by atoms with Gasteiger partial charge in [0, 0.05) is 0 Å². The summed E-state index contributed by atoms with van der Waals surface area (Å²) in [6.45, 7) is 0. The molecule has 0 aliphatic heterocycles. The molecule has 0 bridgehead atoms. The highest BCUT2D eigenvalue weighted by Gasteiger charge is 2.34. The van der Waals surface area contributed by atoms with E-state index in [1.165, 1.54) is 0 Å². The van der Waals surface area contributed by atoms with E-state index in [0.29, 0.717) is 0 Å². The predicted molar refractivity (Wildman–Crippen MR) is 58.0 cm³/mol. The highest BCUT2D eigenvalue weighted by atomic mass is 32.2. The Morgan fingerprint density at radius 3 is 2.39 bits per heavy atom. The molecule has 0 aliphatic rings. The van der Waals surface area contributed by atoms with Crippen molar-refractivity contribution in [3.63, 3.8) is 0 Å². The molecule has 0 fully saturated rings. The second-order valence-electron chi connectivity index (χ2n) is 3.09. The summed E-state index contributed by atoms with van der Waals surface area (Å²) in [5.74, 6) is -1.66. The highest BCUT2D eigenvalue weighted by Crippen LogP contribution is 2.35. The molecule has 0 aliphatic carbocycles. The number of hydrogen-bond acceptors (Lipinski definition) is 6. The van der Waals surface area contributed by atoms with E-state index in [1.807, 2.05) is 0 Å². The quantitative estimate of drug-likeness (QED) is 0.444. The van der Waals surface area contributed by atoms with Crippen LogP contribution in [0.15, 0.2) is 17.0 Å². The number of carbonyl (C=O) groups excluding carboxylic acids is 1. The number of carbonyl (C=O) groups is 1. The van der Waals surface area contributed by atoms with Crippen molar-refractivity contribution in [2.45, 2.75) is 4.90 Å². The average Bonchev–Trinajstić information content (AvgIpc) is 2.25. The van der Waals surface area contributed by atoms with Crippen molar-refractivity contribution in [3.8, 4) is 5.75 Å². The molecule has 10 heteroatoms. The highest BCUT2D eigenvalue weighted by molar-refractivity contribution is 7.86. The smallest absolute Gasteiger partial charge is 0.306 e. The van der Waals surface area contributed by atoms with Crippen LogP contribution in [-0.4, -0.2) is 30.9 Å². The first-order valence-corrected chi connectivity index (χ1v) is 5.76. The van der Waals surface area contributed by atoms with Crippen LogP contribution in [0.5, 0.6) is 5.75 Å². The number of ether oxygens (including phenoxy) is 1. The number of rotatable bonds is 4. The zero-order chi connectivity index (χ0) is 14.1. The minimum atomic E-state index is -4.95. The third-order valence-corrected chi connectivity index (χ3v) is 2.93. The third-order valence-electron chi connectivity index (χ3n) is 2.02. The van der Waals surface area contributed by atoms with E-state index >= 15 is 0 Å². The summed E-state index contributed by atoms with van der Waals surface area (Å²) in [5, 5.41) is 10.8. The van der Waals surface area contributed by atoms with Crippen LogP contribution < -0.4 is 10.5 Å². The zero-order valence-electron chi connectivity index (χ0n) is 8.98. The maximum absolute atomic E-state index is 11.1. The van der Waals surface area contributed by atoms with Crippen molar-refractivity contribution in [2.24, 2.45) is 5.73 Å². The number of hydrogen-bond donors (Lipinski definition) is 2. The normalized spacial score (nSPS) is 11.0. The van der Waals surface area contributed by atoms with Gasteiger partial charge in [-0.3, -0.25) is 19.5 Å². The predicted octanol–water partition coefficient (Wildman–Crippen LogP) is -0.0510. The van der Waals surface area contributed by atoms with Gasteiger partial charge in [0.2, 0.25) is 4.90 Å². The molecule has 1 amide bonds. The van der Waals surface area contributed by atoms with E-state index < -0.39 is 42.8 Å². The van der Waals surface area contributed by atoms with E-state index in [-0.39, 0.29) is 0 Å². The van der Waals surface area contributed by atoms with Gasteiger partial charge in [-0.05, 0) is 12.1 Å². The molecule has 1 aromatic carbocycles. The number of primary amides is 1. The fraction of sp³-hybridized carbons (Fsp3) is 0.125. The standard InChI is InChI=1S/C8H8N2O7S/c1-17-5-3-2-4(8(9)11)6(10(12)13)7(5)18(14,15)16/h2-3H,1H3,(H2,9,11)(H,14,15,16). The summed E-state index contributed by atoms with van der Waals surface area (Å²) in [4.78, 5) is 19.6. The molecule has 98 valence electrons. The summed E-state index contributed by atoms with van der Waals surface area (Å²) < 4.78 is 35.8. The Morgan fingerprint density at radius 2 is 2.06 bits per heavy atom. The number of nitrogens with two attached hydrogens (primary N) is 1. The molecule has 0 radical (unpaired) electrons. The van der Waals surface area contributed by atoms with Crippen molar-refractivity contribution in [1.29, 1.82) is 0 Å². The number of nitrogens with zero attached hydrogens (tertiary/aromatic N) is 1. The lowest BCUT2D eigenvalue weighted by atomic mass is 10.1. The van der Waals surface area contributed by atoms with Crippen molar-refractivity contribution in [1.82, 2.24) is 0 Å². The van der Waals surface area contributed by atoms with E-state index in [1.54, 1.807) is 0 Å². The van der Waals surface area contributed by atoms with E-state index in [0.717, 1.165) is 19.2 Å². The Balaban J connectivity index is 3.89. The van der Waals surface area contributed by atoms with Gasteiger partial charge in [-0.1, -0.05) is 0 Å². The lowest BCUT2D eigenvalue weighted by molar-refractivity contribution is -0.388. The van der Waals surface area contributed by atoms with Crippen molar-refractivity contribution in [3.05, 3.63) is 27.8 Å². The number of methoxy groups -OCH3 is 1. The molecule has 1 aromatic rings. The van der Waals surface area contributed by atoms with E-state index in [9.17, 15) is 23.3 Å². The van der Waals surface area contributed by atoms with Crippen LogP contribution in [0, 0.1) is 10.1 Å². The lowest BCUT2D eigenvalue weighted by Gasteiger charge is -2.08. The fourth-order valence-corrected chi connectivity index (χ4v) is 2.18. The average molecular weight is 276 g/mol. The number of amides is 1. The van der Waals surface area contributed by atoms with Gasteiger partial charge in [0.1, 0.15) is 11.3 Å². The summed E-state index contributed by atoms with van der Waals surface area (Å²) >= 11 is 0. The van der Waals surface area contributed by atoms with Gasteiger partial charge < -0.3 is 10.5 Å². The van der Waals surface area contributed by atoms with Gasteiger partial charge in [-0.15, -0.1) is 0 Å². The molecule has 0 unspecified atom stereocenters. The monoisotopic (exact) mass is 276 g/mol. The second-order valence-corrected chi connectivity index (χ2v) is 4.45. The van der Waals surface area contributed by atoms with Gasteiger partial charge in [-0.25, -0.2) is 0 Å². The van der Waals surface area contributed by atoms with Gasteiger partial charge in [0.25, 0.3) is 5.91 Å². The molecular weight excluding hydrogens is 268 g/mol. The molecule has 0 atom stereocenters. The van der Waals surface area contributed by atoms with E-state index in [4.69, 9.17) is 10.3 Å². The number of nitro benzene ring substituents is 1. The second kappa shape index (κ2) is 4.58. The molecule has 3 N–H and O–H groups in total. The van der Waals surface area contributed by atoms with Gasteiger partial charge >= 0.3 is 15.8 Å². The zero-order valence-corrected chi connectivity index (χ0v) is 9.80. The minimum Gasteiger partial charge on any atom is -0.495 e. The molecule has 18 heavy (non-hydrogen) atoms.